The molecule has 0 aliphatic carbocycles. The van der Waals surface area contributed by atoms with E-state index in [1.165, 1.54) is 6.42 Å². The summed E-state index contributed by atoms with van der Waals surface area (Å²) in [5.74, 6) is 0.844. The van der Waals surface area contributed by atoms with E-state index in [4.69, 9.17) is 9.47 Å². The van der Waals surface area contributed by atoms with Crippen molar-refractivity contribution in [2.24, 2.45) is 4.99 Å². The van der Waals surface area contributed by atoms with Crippen molar-refractivity contribution in [3.8, 4) is 0 Å². The van der Waals surface area contributed by atoms with Crippen LogP contribution >= 0.6 is 0 Å². The zero-order valence-corrected chi connectivity index (χ0v) is 11.0. The molecule has 0 aromatic heterocycles. The van der Waals surface area contributed by atoms with Gasteiger partial charge in [-0.1, -0.05) is 0 Å². The molecule has 1 rings (SSSR count). The van der Waals surface area contributed by atoms with Gasteiger partial charge in [-0.05, 0) is 26.2 Å². The highest BCUT2D eigenvalue weighted by atomic mass is 16.5. The lowest BCUT2D eigenvalue weighted by atomic mass is 10.2. The summed E-state index contributed by atoms with van der Waals surface area (Å²) in [7, 11) is 1.79. The Bertz CT molecular complexity index is 216. The van der Waals surface area contributed by atoms with E-state index in [0.29, 0.717) is 6.10 Å². The molecule has 0 spiro atoms. The first-order chi connectivity index (χ1) is 8.36. The van der Waals surface area contributed by atoms with E-state index in [1.807, 2.05) is 6.92 Å². The van der Waals surface area contributed by atoms with Crippen LogP contribution in [0.1, 0.15) is 26.2 Å². The van der Waals surface area contributed by atoms with Crippen LogP contribution in [0.15, 0.2) is 4.99 Å². The highest BCUT2D eigenvalue weighted by Gasteiger charge is 2.15. The smallest absolute Gasteiger partial charge is 0.191 e. The minimum Gasteiger partial charge on any atom is -0.382 e. The molecule has 100 valence electrons. The number of hydrogen-bond acceptors (Lipinski definition) is 3. The number of ether oxygens (including phenoxy) is 2. The molecule has 17 heavy (non-hydrogen) atoms. The number of aliphatic imine (C=N–C) groups is 1. The van der Waals surface area contributed by atoms with Gasteiger partial charge in [-0.15, -0.1) is 0 Å². The molecule has 1 aliphatic rings. The maximum absolute atomic E-state index is 5.54. The molecule has 0 unspecified atom stereocenters. The van der Waals surface area contributed by atoms with Gasteiger partial charge in [-0.3, -0.25) is 4.99 Å². The largest absolute Gasteiger partial charge is 0.382 e. The molecule has 5 nitrogen and oxygen atoms in total. The first-order valence-corrected chi connectivity index (χ1v) is 6.50. The van der Waals surface area contributed by atoms with Gasteiger partial charge in [0, 0.05) is 40.0 Å². The van der Waals surface area contributed by atoms with Crippen molar-refractivity contribution in [2.75, 3.05) is 40.0 Å². The van der Waals surface area contributed by atoms with E-state index in [0.717, 1.165) is 51.7 Å². The van der Waals surface area contributed by atoms with Gasteiger partial charge in [-0.2, -0.15) is 0 Å². The topological polar surface area (TPSA) is 54.9 Å². The predicted molar refractivity (Wildman–Crippen MR) is 69.4 cm³/mol. The minimum atomic E-state index is 0.344. The molecule has 5 heteroatoms. The third kappa shape index (κ3) is 6.48. The summed E-state index contributed by atoms with van der Waals surface area (Å²) in [5, 5.41) is 6.53. The molecular formula is C12H25N3O2. The van der Waals surface area contributed by atoms with Crippen molar-refractivity contribution in [1.82, 2.24) is 10.6 Å². The molecule has 0 saturated carbocycles. The Morgan fingerprint density at radius 3 is 3.00 bits per heavy atom. The SMILES string of the molecule is CCOCCCNC(=NC)NC[C@@H]1CCCO1. The Labute approximate surface area is 104 Å². The van der Waals surface area contributed by atoms with Crippen molar-refractivity contribution in [3.05, 3.63) is 0 Å². The van der Waals surface area contributed by atoms with Gasteiger partial charge in [0.05, 0.1) is 6.10 Å². The third-order valence-corrected chi connectivity index (χ3v) is 2.71. The molecule has 0 aromatic carbocycles. The second kappa shape index (κ2) is 9.24. The summed E-state index contributed by atoms with van der Waals surface area (Å²) in [6.45, 7) is 6.21. The first-order valence-electron chi connectivity index (χ1n) is 6.50. The number of nitrogens with one attached hydrogen (secondary N) is 2. The summed E-state index contributed by atoms with van der Waals surface area (Å²) in [4.78, 5) is 4.16. The van der Waals surface area contributed by atoms with Crippen molar-refractivity contribution in [2.45, 2.75) is 32.3 Å². The lowest BCUT2D eigenvalue weighted by molar-refractivity contribution is 0.113. The molecule has 0 radical (unpaired) electrons. The Morgan fingerprint density at radius 2 is 2.35 bits per heavy atom. The standard InChI is InChI=1S/C12H25N3O2/c1-3-16-8-5-7-14-12(13-2)15-10-11-6-4-9-17-11/h11H,3-10H2,1-2H3,(H2,13,14,15)/t11-/m0/s1. The summed E-state index contributed by atoms with van der Waals surface area (Å²) in [5.41, 5.74) is 0. The molecule has 1 heterocycles. The molecule has 1 atom stereocenters. The Balaban J connectivity index is 2.03. The second-order valence-electron chi connectivity index (χ2n) is 4.07. The molecule has 0 amide bonds. The van der Waals surface area contributed by atoms with E-state index in [1.54, 1.807) is 7.05 Å². The van der Waals surface area contributed by atoms with Crippen molar-refractivity contribution in [3.63, 3.8) is 0 Å². The van der Waals surface area contributed by atoms with Crippen LogP contribution in [0.3, 0.4) is 0 Å². The van der Waals surface area contributed by atoms with Crippen LogP contribution in [0.2, 0.25) is 0 Å². The third-order valence-electron chi connectivity index (χ3n) is 2.71. The highest BCUT2D eigenvalue weighted by Crippen LogP contribution is 2.10. The number of hydrogen-bond donors (Lipinski definition) is 2. The quantitative estimate of drug-likeness (QED) is 0.394. The van der Waals surface area contributed by atoms with Crippen LogP contribution in [0, 0.1) is 0 Å². The maximum atomic E-state index is 5.54. The molecule has 2 N–H and O–H groups in total. The van der Waals surface area contributed by atoms with Crippen LogP contribution in [0.25, 0.3) is 0 Å². The molecular weight excluding hydrogens is 218 g/mol. The maximum Gasteiger partial charge on any atom is 0.191 e. The summed E-state index contributed by atoms with van der Waals surface area (Å²) in [6.07, 6.45) is 3.66. The van der Waals surface area contributed by atoms with Crippen molar-refractivity contribution < 1.29 is 9.47 Å². The van der Waals surface area contributed by atoms with Gasteiger partial charge in [-0.25, -0.2) is 0 Å². The van der Waals surface area contributed by atoms with Crippen LogP contribution in [-0.4, -0.2) is 52.0 Å². The average Bonchev–Trinajstić information content (AvgIpc) is 2.86. The molecule has 0 bridgehead atoms. The Hall–Kier alpha value is -0.810. The molecule has 0 aromatic rings. The lowest BCUT2D eigenvalue weighted by Crippen LogP contribution is -2.41. The van der Waals surface area contributed by atoms with Crippen molar-refractivity contribution in [1.29, 1.82) is 0 Å². The molecule has 1 aliphatic heterocycles. The van der Waals surface area contributed by atoms with E-state index in [-0.39, 0.29) is 0 Å². The normalized spacial score (nSPS) is 20.6. The van der Waals surface area contributed by atoms with Gasteiger partial charge in [0.1, 0.15) is 0 Å². The van der Waals surface area contributed by atoms with E-state index < -0.39 is 0 Å². The van der Waals surface area contributed by atoms with Gasteiger partial charge in [0.15, 0.2) is 5.96 Å². The van der Waals surface area contributed by atoms with Crippen LogP contribution in [-0.2, 0) is 9.47 Å². The molecule has 1 fully saturated rings. The van der Waals surface area contributed by atoms with Crippen LogP contribution in [0.5, 0.6) is 0 Å². The van der Waals surface area contributed by atoms with E-state index in [9.17, 15) is 0 Å². The average molecular weight is 243 g/mol. The van der Waals surface area contributed by atoms with Gasteiger partial charge >= 0.3 is 0 Å². The highest BCUT2D eigenvalue weighted by molar-refractivity contribution is 5.79. The molecule has 1 saturated heterocycles. The Morgan fingerprint density at radius 1 is 1.47 bits per heavy atom. The zero-order valence-electron chi connectivity index (χ0n) is 11.0. The fourth-order valence-electron chi connectivity index (χ4n) is 1.76. The predicted octanol–water partition coefficient (Wildman–Crippen LogP) is 0.757. The van der Waals surface area contributed by atoms with Crippen molar-refractivity contribution >= 4 is 5.96 Å². The van der Waals surface area contributed by atoms with Gasteiger partial charge < -0.3 is 20.1 Å². The lowest BCUT2D eigenvalue weighted by Gasteiger charge is -2.14. The monoisotopic (exact) mass is 243 g/mol. The first kappa shape index (κ1) is 14.3. The summed E-state index contributed by atoms with van der Waals surface area (Å²) < 4.78 is 10.8. The zero-order chi connectivity index (χ0) is 12.3. The van der Waals surface area contributed by atoms with Gasteiger partial charge in [0.25, 0.3) is 0 Å². The number of nitrogens with zero attached hydrogens (tertiary/aromatic N) is 1. The van der Waals surface area contributed by atoms with E-state index in [2.05, 4.69) is 15.6 Å². The fraction of sp³-hybridized carbons (Fsp3) is 0.917. The number of guanidine groups is 1. The fourth-order valence-corrected chi connectivity index (χ4v) is 1.76. The van der Waals surface area contributed by atoms with Crippen LogP contribution in [0.4, 0.5) is 0 Å². The van der Waals surface area contributed by atoms with Crippen LogP contribution < -0.4 is 10.6 Å². The van der Waals surface area contributed by atoms with E-state index >= 15 is 0 Å². The summed E-state index contributed by atoms with van der Waals surface area (Å²) in [6, 6.07) is 0. The number of rotatable bonds is 7. The Kier molecular flexibility index (Phi) is 7.75. The second-order valence-corrected chi connectivity index (χ2v) is 4.07. The van der Waals surface area contributed by atoms with Gasteiger partial charge in [0.2, 0.25) is 0 Å². The summed E-state index contributed by atoms with van der Waals surface area (Å²) >= 11 is 0. The minimum absolute atomic E-state index is 0.344.